The van der Waals surface area contributed by atoms with Crippen molar-refractivity contribution >= 4 is 11.0 Å². The van der Waals surface area contributed by atoms with Crippen molar-refractivity contribution < 1.29 is 13.2 Å². The van der Waals surface area contributed by atoms with Crippen molar-refractivity contribution in [2.75, 3.05) is 26.7 Å². The Bertz CT molecular complexity index is 1150. The fourth-order valence-electron chi connectivity index (χ4n) is 5.94. The lowest BCUT2D eigenvalue weighted by Crippen LogP contribution is -2.43. The Morgan fingerprint density at radius 2 is 1.71 bits per heavy atom. The summed E-state index contributed by atoms with van der Waals surface area (Å²) in [6.07, 6.45) is 1.74. The number of rotatable bonds is 5. The second-order valence-corrected chi connectivity index (χ2v) is 10.3. The van der Waals surface area contributed by atoms with Gasteiger partial charge in [0.1, 0.15) is 5.82 Å². The predicted molar refractivity (Wildman–Crippen MR) is 131 cm³/mol. The largest absolute Gasteiger partial charge is 0.401 e. The van der Waals surface area contributed by atoms with Gasteiger partial charge in [0.05, 0.1) is 35.4 Å². The maximum Gasteiger partial charge on any atom is 0.401 e. The summed E-state index contributed by atoms with van der Waals surface area (Å²) in [5, 5.41) is 0. The van der Waals surface area contributed by atoms with E-state index in [0.29, 0.717) is 18.8 Å². The van der Waals surface area contributed by atoms with E-state index in [0.717, 1.165) is 67.0 Å². The van der Waals surface area contributed by atoms with Crippen molar-refractivity contribution in [3.8, 4) is 0 Å². The summed E-state index contributed by atoms with van der Waals surface area (Å²) < 4.78 is 44.0. The Balaban J connectivity index is 1.56. The molecular formula is C27H34F3N5. The molecule has 188 valence electrons. The Morgan fingerprint density at radius 1 is 0.971 bits per heavy atom. The highest BCUT2D eigenvalue weighted by atomic mass is 19.4. The summed E-state index contributed by atoms with van der Waals surface area (Å²) in [5.74, 6) is 1.27. The van der Waals surface area contributed by atoms with Gasteiger partial charge in [-0.3, -0.25) is 9.88 Å². The molecule has 3 aromatic rings. The molecule has 0 radical (unpaired) electrons. The molecule has 1 aromatic carbocycles. The van der Waals surface area contributed by atoms with Crippen LogP contribution in [0.15, 0.2) is 42.6 Å². The molecule has 2 fully saturated rings. The van der Waals surface area contributed by atoms with Gasteiger partial charge in [0.25, 0.3) is 0 Å². The van der Waals surface area contributed by atoms with Gasteiger partial charge in [-0.05, 0) is 88.8 Å². The predicted octanol–water partition coefficient (Wildman–Crippen LogP) is 5.91. The van der Waals surface area contributed by atoms with Gasteiger partial charge in [-0.1, -0.05) is 18.2 Å². The van der Waals surface area contributed by atoms with Crippen LogP contribution in [0.1, 0.15) is 61.3 Å². The molecule has 35 heavy (non-hydrogen) atoms. The number of aromatic nitrogens is 3. The van der Waals surface area contributed by atoms with E-state index in [-0.39, 0.29) is 6.04 Å². The minimum Gasteiger partial charge on any atom is -0.326 e. The lowest BCUT2D eigenvalue weighted by atomic mass is 9.90. The summed E-state index contributed by atoms with van der Waals surface area (Å²) in [6, 6.07) is 11.0. The molecule has 0 spiro atoms. The Morgan fingerprint density at radius 3 is 2.46 bits per heavy atom. The van der Waals surface area contributed by atoms with Gasteiger partial charge in [0.15, 0.2) is 0 Å². The number of alkyl halides is 3. The van der Waals surface area contributed by atoms with E-state index < -0.39 is 18.8 Å². The van der Waals surface area contributed by atoms with Gasteiger partial charge in [0, 0.05) is 12.7 Å². The number of hydrogen-bond donors (Lipinski definition) is 0. The quantitative estimate of drug-likeness (QED) is 0.450. The van der Waals surface area contributed by atoms with Gasteiger partial charge in [-0.15, -0.1) is 0 Å². The van der Waals surface area contributed by atoms with Crippen molar-refractivity contribution in [1.82, 2.24) is 24.3 Å². The molecular weight excluding hydrogens is 451 g/mol. The number of pyridine rings is 1. The highest BCUT2D eigenvalue weighted by molar-refractivity contribution is 5.76. The van der Waals surface area contributed by atoms with Crippen LogP contribution in [0.3, 0.4) is 0 Å². The van der Waals surface area contributed by atoms with Crippen LogP contribution >= 0.6 is 0 Å². The van der Waals surface area contributed by atoms with Gasteiger partial charge in [0.2, 0.25) is 0 Å². The highest BCUT2D eigenvalue weighted by Gasteiger charge is 2.43. The molecule has 0 saturated carbocycles. The molecule has 5 nitrogen and oxygen atoms in total. The maximum absolute atomic E-state index is 13.9. The SMILES string of the molecule is Cc1cccnc1[C@@H]1CCC[C@H](c2nc3ccccc3n2CC2CCN(C)CC2)N1CC(F)(F)F. The Hall–Kier alpha value is -2.45. The number of nitrogens with zero attached hydrogens (tertiary/aromatic N) is 5. The summed E-state index contributed by atoms with van der Waals surface area (Å²) in [7, 11) is 2.14. The number of halogens is 3. The average Bonchev–Trinajstić information content (AvgIpc) is 3.18. The van der Waals surface area contributed by atoms with Crippen LogP contribution in [-0.4, -0.2) is 57.2 Å². The van der Waals surface area contributed by atoms with Gasteiger partial charge in [-0.2, -0.15) is 13.2 Å². The van der Waals surface area contributed by atoms with Crippen LogP contribution < -0.4 is 0 Å². The zero-order chi connectivity index (χ0) is 24.6. The summed E-state index contributed by atoms with van der Waals surface area (Å²) in [4.78, 5) is 13.5. The van der Waals surface area contributed by atoms with E-state index in [9.17, 15) is 13.2 Å². The molecule has 4 heterocycles. The molecule has 0 bridgehead atoms. The number of aryl methyl sites for hydroxylation is 1. The first-order valence-corrected chi connectivity index (χ1v) is 12.7. The lowest BCUT2D eigenvalue weighted by Gasteiger charge is -2.42. The maximum atomic E-state index is 13.9. The van der Waals surface area contributed by atoms with Crippen LogP contribution in [0.5, 0.6) is 0 Å². The summed E-state index contributed by atoms with van der Waals surface area (Å²) in [6.45, 7) is 3.88. The molecule has 5 rings (SSSR count). The van der Waals surface area contributed by atoms with Crippen LogP contribution in [0, 0.1) is 12.8 Å². The first kappa shape index (κ1) is 24.3. The van der Waals surface area contributed by atoms with E-state index in [1.807, 2.05) is 37.3 Å². The number of hydrogen-bond acceptors (Lipinski definition) is 4. The molecule has 8 heteroatoms. The fourth-order valence-corrected chi connectivity index (χ4v) is 5.94. The van der Waals surface area contributed by atoms with Crippen LogP contribution in [0.25, 0.3) is 11.0 Å². The molecule has 0 unspecified atom stereocenters. The molecule has 0 N–H and O–H groups in total. The number of likely N-dealkylation sites (tertiary alicyclic amines) is 2. The number of imidazole rings is 1. The zero-order valence-electron chi connectivity index (χ0n) is 20.5. The minimum atomic E-state index is -4.30. The molecule has 2 aromatic heterocycles. The highest BCUT2D eigenvalue weighted by Crippen LogP contribution is 2.44. The third-order valence-electron chi connectivity index (χ3n) is 7.74. The van der Waals surface area contributed by atoms with Crippen molar-refractivity contribution in [1.29, 1.82) is 0 Å². The molecule has 0 amide bonds. The second kappa shape index (κ2) is 9.90. The third kappa shape index (κ3) is 5.23. The zero-order valence-corrected chi connectivity index (χ0v) is 20.5. The third-order valence-corrected chi connectivity index (χ3v) is 7.74. The van der Waals surface area contributed by atoms with Crippen LogP contribution in [0.2, 0.25) is 0 Å². The number of para-hydroxylation sites is 2. The normalized spacial score (nSPS) is 23.2. The van der Waals surface area contributed by atoms with Gasteiger partial charge in [-0.25, -0.2) is 4.98 Å². The second-order valence-electron chi connectivity index (χ2n) is 10.3. The Kier molecular flexibility index (Phi) is 6.86. The van der Waals surface area contributed by atoms with Crippen molar-refractivity contribution in [2.45, 2.75) is 63.8 Å². The van der Waals surface area contributed by atoms with Crippen molar-refractivity contribution in [3.05, 3.63) is 59.7 Å². The molecule has 2 atom stereocenters. The molecule has 2 aliphatic heterocycles. The fraction of sp³-hybridized carbons (Fsp3) is 0.556. The van der Waals surface area contributed by atoms with Crippen molar-refractivity contribution in [3.63, 3.8) is 0 Å². The summed E-state index contributed by atoms with van der Waals surface area (Å²) >= 11 is 0. The van der Waals surface area contributed by atoms with E-state index in [1.54, 1.807) is 11.1 Å². The number of benzene rings is 1. The van der Waals surface area contributed by atoms with Gasteiger partial charge >= 0.3 is 6.18 Å². The summed E-state index contributed by atoms with van der Waals surface area (Å²) in [5.41, 5.74) is 3.56. The number of piperidine rings is 2. The standard InChI is InChI=1S/C27H34F3N5/c1-19-7-6-14-31-25(19)23-10-5-11-24(35(23)18-27(28,29)30)26-32-21-8-3-4-9-22(21)34(26)17-20-12-15-33(2)16-13-20/h3-4,6-9,14,20,23-24H,5,10-13,15-18H2,1-2H3/t23-,24+/m0/s1. The van der Waals surface area contributed by atoms with Crippen LogP contribution in [0.4, 0.5) is 13.2 Å². The Labute approximate surface area is 205 Å². The first-order valence-electron chi connectivity index (χ1n) is 12.7. The van der Waals surface area contributed by atoms with E-state index in [4.69, 9.17) is 4.98 Å². The van der Waals surface area contributed by atoms with E-state index in [2.05, 4.69) is 27.6 Å². The van der Waals surface area contributed by atoms with Crippen LogP contribution in [-0.2, 0) is 6.54 Å². The number of fused-ring (bicyclic) bond motifs is 1. The van der Waals surface area contributed by atoms with E-state index >= 15 is 0 Å². The molecule has 0 aliphatic carbocycles. The van der Waals surface area contributed by atoms with Crippen molar-refractivity contribution in [2.24, 2.45) is 5.92 Å². The molecule has 2 aliphatic rings. The molecule has 2 saturated heterocycles. The average molecular weight is 486 g/mol. The minimum absolute atomic E-state index is 0.381. The van der Waals surface area contributed by atoms with E-state index in [1.165, 1.54) is 0 Å². The monoisotopic (exact) mass is 485 g/mol. The topological polar surface area (TPSA) is 37.2 Å². The first-order chi connectivity index (χ1) is 16.8. The van der Waals surface area contributed by atoms with Gasteiger partial charge < -0.3 is 9.47 Å². The smallest absolute Gasteiger partial charge is 0.326 e. The lowest BCUT2D eigenvalue weighted by molar-refractivity contribution is -0.162.